The van der Waals surface area contributed by atoms with E-state index in [9.17, 15) is 4.79 Å². The van der Waals surface area contributed by atoms with Crippen LogP contribution in [0, 0.1) is 0 Å². The van der Waals surface area contributed by atoms with Crippen LogP contribution in [0.1, 0.15) is 0 Å². The Kier molecular flexibility index (Phi) is 3.64. The monoisotopic (exact) mass is 318 g/mol. The number of nitrogens with two attached hydrogens (primary N) is 1. The Morgan fingerprint density at radius 1 is 1.14 bits per heavy atom. The van der Waals surface area contributed by atoms with E-state index in [1.165, 1.54) is 11.3 Å². The summed E-state index contributed by atoms with van der Waals surface area (Å²) in [7, 11) is 0. The largest absolute Gasteiger partial charge is 0.399 e. The van der Waals surface area contributed by atoms with Crippen molar-refractivity contribution in [1.82, 2.24) is 4.98 Å². The van der Waals surface area contributed by atoms with Crippen molar-refractivity contribution < 1.29 is 4.79 Å². The van der Waals surface area contributed by atoms with Crippen LogP contribution >= 0.6 is 22.9 Å². The molecular formula is C14H11ClN4OS. The van der Waals surface area contributed by atoms with Crippen molar-refractivity contribution in [2.24, 2.45) is 0 Å². The molecule has 0 unspecified atom stereocenters. The van der Waals surface area contributed by atoms with Gasteiger partial charge in [-0.15, -0.1) is 0 Å². The van der Waals surface area contributed by atoms with Gasteiger partial charge in [0, 0.05) is 16.4 Å². The van der Waals surface area contributed by atoms with Crippen LogP contribution in [0.2, 0.25) is 5.02 Å². The van der Waals surface area contributed by atoms with Crippen LogP contribution in [0.15, 0.2) is 42.5 Å². The molecule has 5 nitrogen and oxygen atoms in total. The molecule has 0 radical (unpaired) electrons. The third kappa shape index (κ3) is 3.24. The molecule has 0 saturated heterocycles. The van der Waals surface area contributed by atoms with E-state index in [1.54, 1.807) is 30.3 Å². The third-order valence-electron chi connectivity index (χ3n) is 2.74. The minimum Gasteiger partial charge on any atom is -0.399 e. The van der Waals surface area contributed by atoms with Gasteiger partial charge in [-0.25, -0.2) is 9.78 Å². The van der Waals surface area contributed by atoms with Gasteiger partial charge >= 0.3 is 6.03 Å². The summed E-state index contributed by atoms with van der Waals surface area (Å²) in [5.74, 6) is 0. The van der Waals surface area contributed by atoms with Crippen LogP contribution in [0.5, 0.6) is 0 Å². The second-order valence-corrected chi connectivity index (χ2v) is 5.80. The van der Waals surface area contributed by atoms with Gasteiger partial charge in [-0.2, -0.15) is 0 Å². The van der Waals surface area contributed by atoms with Gasteiger partial charge in [0.1, 0.15) is 0 Å². The zero-order chi connectivity index (χ0) is 14.8. The number of anilines is 3. The Morgan fingerprint density at radius 3 is 2.67 bits per heavy atom. The molecule has 106 valence electrons. The lowest BCUT2D eigenvalue weighted by Gasteiger charge is -2.05. The summed E-state index contributed by atoms with van der Waals surface area (Å²) in [5, 5.41) is 6.56. The molecule has 1 aromatic heterocycles. The first kappa shape index (κ1) is 13.7. The summed E-state index contributed by atoms with van der Waals surface area (Å²) >= 11 is 7.29. The van der Waals surface area contributed by atoms with Crippen LogP contribution in [0.3, 0.4) is 0 Å². The quantitative estimate of drug-likeness (QED) is 0.620. The molecule has 0 aliphatic carbocycles. The highest BCUT2D eigenvalue weighted by molar-refractivity contribution is 7.22. The fourth-order valence-electron chi connectivity index (χ4n) is 1.78. The lowest BCUT2D eigenvalue weighted by atomic mass is 10.3. The van der Waals surface area contributed by atoms with Gasteiger partial charge in [-0.1, -0.05) is 22.9 Å². The molecule has 21 heavy (non-hydrogen) atoms. The number of hydrogen-bond donors (Lipinski definition) is 3. The van der Waals surface area contributed by atoms with Gasteiger partial charge in [0.25, 0.3) is 0 Å². The van der Waals surface area contributed by atoms with Crippen LogP contribution in [0.25, 0.3) is 10.2 Å². The number of halogens is 1. The molecule has 2 amide bonds. The molecule has 4 N–H and O–H groups in total. The topological polar surface area (TPSA) is 80.0 Å². The number of benzene rings is 2. The summed E-state index contributed by atoms with van der Waals surface area (Å²) in [4.78, 5) is 16.2. The average Bonchev–Trinajstić information content (AvgIpc) is 2.82. The van der Waals surface area contributed by atoms with Crippen molar-refractivity contribution in [3.8, 4) is 0 Å². The number of rotatable bonds is 2. The third-order valence-corrected chi connectivity index (χ3v) is 3.91. The number of fused-ring (bicyclic) bond motifs is 1. The molecule has 3 aromatic rings. The predicted molar refractivity (Wildman–Crippen MR) is 88.1 cm³/mol. The van der Waals surface area contributed by atoms with Gasteiger partial charge in [-0.05, 0) is 42.5 Å². The lowest BCUT2D eigenvalue weighted by Crippen LogP contribution is -2.19. The van der Waals surface area contributed by atoms with E-state index >= 15 is 0 Å². The van der Waals surface area contributed by atoms with Gasteiger partial charge in [-0.3, -0.25) is 5.32 Å². The molecule has 1 heterocycles. The van der Waals surface area contributed by atoms with Gasteiger partial charge in [0.15, 0.2) is 5.13 Å². The number of thiazole rings is 1. The second-order valence-electron chi connectivity index (χ2n) is 4.33. The standard InChI is InChI=1S/C14H11ClN4OS/c15-8-1-6-11-12(7-8)21-14(18-11)19-13(20)17-10-4-2-9(16)3-5-10/h1-7H,16H2,(H2,17,18,19,20). The van der Waals surface area contributed by atoms with E-state index in [4.69, 9.17) is 17.3 Å². The van der Waals surface area contributed by atoms with Crippen molar-refractivity contribution in [3.05, 3.63) is 47.5 Å². The van der Waals surface area contributed by atoms with Crippen LogP contribution in [-0.2, 0) is 0 Å². The number of amides is 2. The predicted octanol–water partition coefficient (Wildman–Crippen LogP) is 4.18. The molecule has 0 atom stereocenters. The molecule has 0 fully saturated rings. The van der Waals surface area contributed by atoms with Gasteiger partial charge in [0.2, 0.25) is 0 Å². The zero-order valence-electron chi connectivity index (χ0n) is 10.8. The van der Waals surface area contributed by atoms with Crippen molar-refractivity contribution in [2.75, 3.05) is 16.4 Å². The van der Waals surface area contributed by atoms with Crippen molar-refractivity contribution in [2.45, 2.75) is 0 Å². The minimum absolute atomic E-state index is 0.357. The number of carbonyl (C=O) groups is 1. The maximum atomic E-state index is 11.9. The van der Waals surface area contributed by atoms with Crippen LogP contribution in [0.4, 0.5) is 21.3 Å². The summed E-state index contributed by atoms with van der Waals surface area (Å²) in [6.07, 6.45) is 0. The minimum atomic E-state index is -0.357. The fraction of sp³-hybridized carbons (Fsp3) is 0. The van der Waals surface area contributed by atoms with Crippen molar-refractivity contribution in [1.29, 1.82) is 0 Å². The number of urea groups is 1. The lowest BCUT2D eigenvalue weighted by molar-refractivity contribution is 0.262. The van der Waals surface area contributed by atoms with Gasteiger partial charge < -0.3 is 11.1 Å². The SMILES string of the molecule is Nc1ccc(NC(=O)Nc2nc3ccc(Cl)cc3s2)cc1. The first-order valence-electron chi connectivity index (χ1n) is 6.10. The smallest absolute Gasteiger partial charge is 0.325 e. The number of nitrogen functional groups attached to an aromatic ring is 1. The van der Waals surface area contributed by atoms with Crippen molar-refractivity contribution >= 4 is 55.7 Å². The van der Waals surface area contributed by atoms with E-state index < -0.39 is 0 Å². The highest BCUT2D eigenvalue weighted by atomic mass is 35.5. The Hall–Kier alpha value is -2.31. The Labute approximate surface area is 129 Å². The molecule has 0 spiro atoms. The number of hydrogen-bond acceptors (Lipinski definition) is 4. The van der Waals surface area contributed by atoms with E-state index in [0.717, 1.165) is 10.2 Å². The number of nitrogens with one attached hydrogen (secondary N) is 2. The van der Waals surface area contributed by atoms with E-state index in [0.29, 0.717) is 21.5 Å². The summed E-state index contributed by atoms with van der Waals surface area (Å²) in [6.45, 7) is 0. The summed E-state index contributed by atoms with van der Waals surface area (Å²) in [6, 6.07) is 11.9. The highest BCUT2D eigenvalue weighted by Crippen LogP contribution is 2.28. The number of carbonyl (C=O) groups excluding carboxylic acids is 1. The van der Waals surface area contributed by atoms with E-state index in [1.807, 2.05) is 12.1 Å². The number of aromatic nitrogens is 1. The van der Waals surface area contributed by atoms with E-state index in [-0.39, 0.29) is 6.03 Å². The maximum Gasteiger partial charge on any atom is 0.325 e. The van der Waals surface area contributed by atoms with Crippen LogP contribution < -0.4 is 16.4 Å². The first-order valence-corrected chi connectivity index (χ1v) is 7.29. The molecule has 2 aromatic carbocycles. The normalized spacial score (nSPS) is 10.5. The van der Waals surface area contributed by atoms with E-state index in [2.05, 4.69) is 15.6 Å². The average molecular weight is 319 g/mol. The Balaban J connectivity index is 1.72. The zero-order valence-corrected chi connectivity index (χ0v) is 12.3. The first-order chi connectivity index (χ1) is 10.1. The molecule has 0 saturated carbocycles. The summed E-state index contributed by atoms with van der Waals surface area (Å²) in [5.41, 5.74) is 7.69. The highest BCUT2D eigenvalue weighted by Gasteiger charge is 2.08. The molecular weight excluding hydrogens is 308 g/mol. The van der Waals surface area contributed by atoms with Crippen LogP contribution in [-0.4, -0.2) is 11.0 Å². The molecule has 3 rings (SSSR count). The molecule has 0 aliphatic heterocycles. The second kappa shape index (κ2) is 5.59. The molecule has 0 bridgehead atoms. The number of nitrogens with zero attached hydrogens (tertiary/aromatic N) is 1. The Bertz CT molecular complexity index is 800. The summed E-state index contributed by atoms with van der Waals surface area (Å²) < 4.78 is 0.922. The Morgan fingerprint density at radius 2 is 1.90 bits per heavy atom. The molecule has 7 heteroatoms. The van der Waals surface area contributed by atoms with Gasteiger partial charge in [0.05, 0.1) is 10.2 Å². The fourth-order valence-corrected chi connectivity index (χ4v) is 2.91. The maximum absolute atomic E-state index is 11.9. The van der Waals surface area contributed by atoms with Crippen molar-refractivity contribution in [3.63, 3.8) is 0 Å². The molecule has 0 aliphatic rings.